The summed E-state index contributed by atoms with van der Waals surface area (Å²) < 4.78 is 0. The standard InChI is InChI=1S/C67H106N18O11/c1-7-41(6)57(67(96)84-52(32-40(4)5)63(92)82-54(34-43-36-75-47-23-12-11-21-45(43)47)65(94)77-48(58(73)87)24-14-17-29-69)85-61(90)50(26-27-56(72)86)79-62(91)51(31-39(2)3)80-64(93)53(33-42-19-9-8-10-20-42)81-66(95)55(35-44-37-74-38-76-44)83-60(89)49(25-15-18-30-70)78-59(88)46(71)22-13-16-28-68/h8-12,19-21,23,36-41,46,48-55,57,75H,7,13-18,22,24-35,68-71H2,1-6H3,(H2,72,86)(H2,73,87)(H,74,76)(H,77,94)(H,78,88)(H,79,91)(H,80,93)(H,81,95)(H,82,92)(H,83,89)(H,84,96)(H,85,90)/t41-,46+,48+,49+,50+,51+,52+,53+,54+,55+,57+/m0/s1. The Bertz CT molecular complexity index is 3130. The van der Waals surface area contributed by atoms with Crippen molar-refractivity contribution < 1.29 is 52.7 Å². The quantitative estimate of drug-likeness (QED) is 0.0257. The molecule has 2 aromatic heterocycles. The van der Waals surface area contributed by atoms with Crippen molar-refractivity contribution in [3.8, 4) is 0 Å². The van der Waals surface area contributed by atoms with E-state index in [4.69, 9.17) is 34.4 Å². The van der Waals surface area contributed by atoms with E-state index in [1.165, 1.54) is 12.5 Å². The summed E-state index contributed by atoms with van der Waals surface area (Å²) in [5, 5.41) is 25.6. The maximum atomic E-state index is 14.8. The zero-order valence-corrected chi connectivity index (χ0v) is 56.5. The van der Waals surface area contributed by atoms with Gasteiger partial charge in [0.1, 0.15) is 54.4 Å². The lowest BCUT2D eigenvalue weighted by Crippen LogP contribution is -2.61. The van der Waals surface area contributed by atoms with Gasteiger partial charge in [-0.2, -0.15) is 0 Å². The van der Waals surface area contributed by atoms with Gasteiger partial charge in [-0.3, -0.25) is 52.7 Å². The Kier molecular flexibility index (Phi) is 34.8. The number of carbonyl (C=O) groups is 11. The molecule has 0 aliphatic carbocycles. The molecule has 0 saturated carbocycles. The molecule has 4 aromatic rings. The number of rotatable bonds is 46. The molecule has 0 spiro atoms. The van der Waals surface area contributed by atoms with Crippen LogP contribution in [0.15, 0.2) is 73.3 Å². The molecule has 0 aliphatic rings. The van der Waals surface area contributed by atoms with Gasteiger partial charge >= 0.3 is 0 Å². The predicted molar refractivity (Wildman–Crippen MR) is 364 cm³/mol. The lowest BCUT2D eigenvalue weighted by Gasteiger charge is -2.30. The van der Waals surface area contributed by atoms with E-state index >= 15 is 0 Å². The molecule has 2 aromatic carbocycles. The van der Waals surface area contributed by atoms with E-state index in [9.17, 15) is 52.7 Å². The molecule has 0 fully saturated rings. The van der Waals surface area contributed by atoms with Gasteiger partial charge in [0.05, 0.1) is 12.4 Å². The number of hydrogen-bond acceptors (Lipinski definition) is 16. The summed E-state index contributed by atoms with van der Waals surface area (Å²) >= 11 is 0. The first kappa shape index (κ1) is 79.6. The summed E-state index contributed by atoms with van der Waals surface area (Å²) in [6.45, 7) is 11.8. The topological polar surface area (TPSA) is 497 Å². The van der Waals surface area contributed by atoms with Gasteiger partial charge in [-0.15, -0.1) is 0 Å². The molecule has 29 nitrogen and oxygen atoms in total. The highest BCUT2D eigenvalue weighted by Crippen LogP contribution is 2.21. The number of imidazole rings is 1. The number of nitrogens with two attached hydrogens (primary N) is 6. The van der Waals surface area contributed by atoms with Crippen LogP contribution in [-0.2, 0) is 72.0 Å². The molecule has 0 saturated heterocycles. The van der Waals surface area contributed by atoms with E-state index in [1.54, 1.807) is 64.2 Å². The SMILES string of the molecule is CC[C@H](C)[C@@H](NC(=O)[C@@H](CCC(N)=O)NC(=O)[C@@H](CC(C)C)NC(=O)[C@@H](Cc1ccccc1)NC(=O)[C@@H](Cc1cnc[nH]1)NC(=O)[C@@H](CCCCN)NC(=O)[C@H](N)CCCCN)C(=O)N[C@H](CC(C)C)C(=O)N[C@H](Cc1c[nH]c2ccccc12)C(=O)N[C@H](CCCCN)C(N)=O. The highest BCUT2D eigenvalue weighted by Gasteiger charge is 2.38. The van der Waals surface area contributed by atoms with Crippen LogP contribution in [0.3, 0.4) is 0 Å². The van der Waals surface area contributed by atoms with Crippen LogP contribution in [0.25, 0.3) is 10.9 Å². The maximum Gasteiger partial charge on any atom is 0.243 e. The Balaban J connectivity index is 1.63. The molecule has 0 aliphatic heterocycles. The van der Waals surface area contributed by atoms with Crippen LogP contribution in [0.5, 0.6) is 0 Å². The van der Waals surface area contributed by atoms with Crippen LogP contribution in [0.2, 0.25) is 0 Å². The van der Waals surface area contributed by atoms with Gasteiger partial charge in [0, 0.05) is 54.7 Å². The number of nitrogens with zero attached hydrogens (tertiary/aromatic N) is 1. The molecular weight excluding hydrogens is 1230 g/mol. The van der Waals surface area contributed by atoms with Crippen molar-refractivity contribution in [2.45, 2.75) is 211 Å². The first-order valence-electron chi connectivity index (χ1n) is 33.5. The average molecular weight is 1340 g/mol. The number of carbonyl (C=O) groups excluding carboxylic acids is 11. The van der Waals surface area contributed by atoms with E-state index in [0.29, 0.717) is 87.8 Å². The first-order valence-corrected chi connectivity index (χ1v) is 33.5. The Morgan fingerprint density at radius 1 is 0.469 bits per heavy atom. The Hall–Kier alpha value is -8.80. The number of benzene rings is 2. The van der Waals surface area contributed by atoms with Crippen molar-refractivity contribution in [3.63, 3.8) is 0 Å². The Morgan fingerprint density at radius 2 is 0.917 bits per heavy atom. The molecule has 530 valence electrons. The number of hydrogen-bond donors (Lipinski definition) is 17. The molecule has 0 radical (unpaired) electrons. The third-order valence-electron chi connectivity index (χ3n) is 16.5. The van der Waals surface area contributed by atoms with Crippen LogP contribution >= 0.6 is 0 Å². The molecular formula is C67H106N18O11. The van der Waals surface area contributed by atoms with Gasteiger partial charge in [-0.25, -0.2) is 4.98 Å². The number of unbranched alkanes of at least 4 members (excludes halogenated alkanes) is 3. The van der Waals surface area contributed by atoms with E-state index in [-0.39, 0.29) is 63.2 Å². The maximum absolute atomic E-state index is 14.8. The second-order valence-corrected chi connectivity index (χ2v) is 25.5. The second-order valence-electron chi connectivity index (χ2n) is 25.5. The highest BCUT2D eigenvalue weighted by molar-refractivity contribution is 5.99. The van der Waals surface area contributed by atoms with Gasteiger partial charge in [0.25, 0.3) is 0 Å². The Labute approximate surface area is 562 Å². The minimum atomic E-state index is -1.53. The summed E-state index contributed by atoms with van der Waals surface area (Å²) in [5.74, 6) is -9.52. The minimum absolute atomic E-state index is 0.00219. The summed E-state index contributed by atoms with van der Waals surface area (Å²) in [4.78, 5) is 165. The number of H-pyrrole nitrogens is 2. The number of para-hydroxylation sites is 1. The lowest BCUT2D eigenvalue weighted by atomic mass is 9.95. The molecule has 23 N–H and O–H groups in total. The monoisotopic (exact) mass is 1340 g/mol. The van der Waals surface area contributed by atoms with Gasteiger partial charge in [0.15, 0.2) is 0 Å². The number of primary amides is 2. The zero-order valence-electron chi connectivity index (χ0n) is 56.5. The molecule has 96 heavy (non-hydrogen) atoms. The van der Waals surface area contributed by atoms with Crippen LogP contribution in [0.4, 0.5) is 0 Å². The number of amides is 11. The van der Waals surface area contributed by atoms with E-state index in [2.05, 4.69) is 62.8 Å². The molecule has 2 heterocycles. The number of fused-ring (bicyclic) bond motifs is 1. The Morgan fingerprint density at radius 3 is 1.45 bits per heavy atom. The van der Waals surface area contributed by atoms with Gasteiger partial charge in [0.2, 0.25) is 65.0 Å². The fraction of sp³-hybridized carbons (Fsp3) is 0.582. The van der Waals surface area contributed by atoms with Crippen molar-refractivity contribution >= 4 is 75.9 Å². The molecule has 29 heteroatoms. The predicted octanol–water partition coefficient (Wildman–Crippen LogP) is -0.115. The summed E-state index contributed by atoms with van der Waals surface area (Å²) in [6, 6.07) is 3.40. The summed E-state index contributed by atoms with van der Waals surface area (Å²) in [5.41, 5.74) is 37.1. The normalized spacial score (nSPS) is 14.8. The highest BCUT2D eigenvalue weighted by atomic mass is 16.2. The zero-order chi connectivity index (χ0) is 70.9. The van der Waals surface area contributed by atoms with E-state index in [1.807, 2.05) is 38.1 Å². The smallest absolute Gasteiger partial charge is 0.243 e. The van der Waals surface area contributed by atoms with Crippen LogP contribution in [0.1, 0.15) is 148 Å². The molecule has 0 bridgehead atoms. The number of aromatic amines is 2. The van der Waals surface area contributed by atoms with E-state index < -0.39 is 138 Å². The average Bonchev–Trinajstić information content (AvgIpc) is 1.68. The van der Waals surface area contributed by atoms with Crippen molar-refractivity contribution in [1.29, 1.82) is 0 Å². The molecule has 11 amide bonds. The minimum Gasteiger partial charge on any atom is -0.370 e. The van der Waals surface area contributed by atoms with Crippen molar-refractivity contribution in [2.24, 2.45) is 52.2 Å². The van der Waals surface area contributed by atoms with Crippen molar-refractivity contribution in [1.82, 2.24) is 62.8 Å². The fourth-order valence-corrected chi connectivity index (χ4v) is 10.9. The van der Waals surface area contributed by atoms with Crippen molar-refractivity contribution in [3.05, 3.63) is 90.1 Å². The van der Waals surface area contributed by atoms with Crippen LogP contribution in [-0.4, -0.2) is 160 Å². The summed E-state index contributed by atoms with van der Waals surface area (Å²) in [7, 11) is 0. The molecule has 0 unspecified atom stereocenters. The van der Waals surface area contributed by atoms with Gasteiger partial charge in [-0.05, 0) is 125 Å². The van der Waals surface area contributed by atoms with Gasteiger partial charge in [-0.1, -0.05) is 103 Å². The lowest BCUT2D eigenvalue weighted by molar-refractivity contribution is -0.137. The first-order chi connectivity index (χ1) is 45.8. The fourth-order valence-electron chi connectivity index (χ4n) is 10.9. The number of nitrogens with one attached hydrogen (secondary N) is 11. The largest absolute Gasteiger partial charge is 0.370 e. The third kappa shape index (κ3) is 27.5. The summed E-state index contributed by atoms with van der Waals surface area (Å²) in [6.07, 6.45) is 7.96. The molecule has 11 atom stereocenters. The van der Waals surface area contributed by atoms with Crippen LogP contribution in [0, 0.1) is 17.8 Å². The number of aromatic nitrogens is 3. The van der Waals surface area contributed by atoms with Crippen LogP contribution < -0.4 is 82.3 Å². The van der Waals surface area contributed by atoms with Crippen molar-refractivity contribution in [2.75, 3.05) is 19.6 Å². The van der Waals surface area contributed by atoms with Gasteiger partial charge < -0.3 is 92.2 Å². The molecule has 4 rings (SSSR count). The van der Waals surface area contributed by atoms with E-state index in [0.717, 1.165) is 10.9 Å². The second kappa shape index (κ2) is 41.9. The third-order valence-corrected chi connectivity index (χ3v) is 16.5.